The predicted molar refractivity (Wildman–Crippen MR) is 239 cm³/mol. The van der Waals surface area contributed by atoms with Crippen molar-refractivity contribution in [2.24, 2.45) is 5.92 Å². The van der Waals surface area contributed by atoms with Crippen LogP contribution in [0.1, 0.15) is 42.0 Å². The van der Waals surface area contributed by atoms with Gasteiger partial charge in [0.15, 0.2) is 0 Å². The van der Waals surface area contributed by atoms with E-state index in [1.54, 1.807) is 0 Å². The lowest BCUT2D eigenvalue weighted by molar-refractivity contribution is 0.668. The van der Waals surface area contributed by atoms with E-state index >= 15 is 0 Å². The van der Waals surface area contributed by atoms with E-state index in [1.807, 2.05) is 36.4 Å². The number of fused-ring (bicyclic) bond motifs is 5. The first kappa shape index (κ1) is 35.0. The number of furan rings is 1. The maximum Gasteiger partial charge on any atom is 0.136 e. The molecular weight excluding hydrogens is 705 g/mol. The minimum Gasteiger partial charge on any atom is -0.456 e. The Kier molecular flexibility index (Phi) is 8.78. The average molecular weight is 743 g/mol. The highest BCUT2D eigenvalue weighted by atomic mass is 16.3. The molecule has 3 heteroatoms. The first-order valence-corrected chi connectivity index (χ1v) is 20.0. The van der Waals surface area contributed by atoms with Gasteiger partial charge in [0.05, 0.1) is 23.3 Å². The Morgan fingerprint density at radius 1 is 0.621 bits per heavy atom. The number of hydrogen-bond donors (Lipinski definition) is 0. The molecule has 0 amide bonds. The molecule has 8 aromatic rings. The van der Waals surface area contributed by atoms with E-state index in [-0.39, 0.29) is 5.92 Å². The molecular formula is C55H38N2O. The van der Waals surface area contributed by atoms with Gasteiger partial charge < -0.3 is 4.42 Å². The Balaban J connectivity index is 1.14. The van der Waals surface area contributed by atoms with Gasteiger partial charge in [-0.2, -0.15) is 10.5 Å². The van der Waals surface area contributed by atoms with E-state index in [9.17, 15) is 10.5 Å². The van der Waals surface area contributed by atoms with Crippen LogP contribution in [-0.2, 0) is 6.42 Å². The number of rotatable bonds is 6. The summed E-state index contributed by atoms with van der Waals surface area (Å²) >= 11 is 0. The highest BCUT2D eigenvalue weighted by Crippen LogP contribution is 2.48. The van der Waals surface area contributed by atoms with Crippen molar-refractivity contribution in [2.45, 2.75) is 26.2 Å². The van der Waals surface area contributed by atoms with Crippen molar-refractivity contribution in [3.8, 4) is 34.4 Å². The molecule has 0 saturated carbocycles. The Morgan fingerprint density at radius 3 is 1.98 bits per heavy atom. The molecule has 2 aliphatic carbocycles. The molecule has 3 nitrogen and oxygen atoms in total. The lowest BCUT2D eigenvalue weighted by Gasteiger charge is -2.28. The molecule has 7 aromatic carbocycles. The molecule has 0 bridgehead atoms. The second-order valence-corrected chi connectivity index (χ2v) is 15.3. The topological polar surface area (TPSA) is 60.7 Å². The SMILES string of the molecule is CC1CC=CC(Cc2ccc3c(c2)oc2cccc(-c4c5ccccc5c(-c5ccccc5C#N)c5ccccc45)c23)=C1/C(=C1/C=CC=CC1)c1ccccc1C#N. The molecule has 1 unspecified atom stereocenters. The van der Waals surface area contributed by atoms with Crippen molar-refractivity contribution in [1.82, 2.24) is 0 Å². The van der Waals surface area contributed by atoms with Crippen molar-refractivity contribution in [2.75, 3.05) is 0 Å². The fourth-order valence-electron chi connectivity index (χ4n) is 9.40. The first-order chi connectivity index (χ1) is 28.6. The van der Waals surface area contributed by atoms with Gasteiger partial charge in [-0.1, -0.05) is 153 Å². The summed E-state index contributed by atoms with van der Waals surface area (Å²) < 4.78 is 6.75. The second-order valence-electron chi connectivity index (χ2n) is 15.3. The van der Waals surface area contributed by atoms with E-state index in [1.165, 1.54) is 27.9 Å². The van der Waals surface area contributed by atoms with Crippen LogP contribution in [0.15, 0.2) is 191 Å². The summed E-state index contributed by atoms with van der Waals surface area (Å²) in [6.45, 7) is 2.31. The van der Waals surface area contributed by atoms with Gasteiger partial charge in [0.2, 0.25) is 0 Å². The fourth-order valence-corrected chi connectivity index (χ4v) is 9.40. The molecule has 58 heavy (non-hydrogen) atoms. The Bertz CT molecular complexity index is 3180. The van der Waals surface area contributed by atoms with Crippen LogP contribution in [0.3, 0.4) is 0 Å². The van der Waals surface area contributed by atoms with Gasteiger partial charge in [-0.05, 0) is 116 Å². The van der Waals surface area contributed by atoms with E-state index in [0.717, 1.165) is 90.6 Å². The fraction of sp³-hybridized carbons (Fsp3) is 0.0909. The van der Waals surface area contributed by atoms with Crippen molar-refractivity contribution in [1.29, 1.82) is 10.5 Å². The Labute approximate surface area is 338 Å². The highest BCUT2D eigenvalue weighted by molar-refractivity contribution is 6.25. The number of benzene rings is 7. The number of nitrogens with zero attached hydrogens (tertiary/aromatic N) is 2. The van der Waals surface area contributed by atoms with Crippen LogP contribution in [0, 0.1) is 28.6 Å². The number of hydrogen-bond acceptors (Lipinski definition) is 3. The quantitative estimate of drug-likeness (QED) is 0.159. The maximum atomic E-state index is 10.2. The third-order valence-corrected chi connectivity index (χ3v) is 11.9. The van der Waals surface area contributed by atoms with Crippen LogP contribution < -0.4 is 0 Å². The summed E-state index contributed by atoms with van der Waals surface area (Å²) in [5.41, 5.74) is 14.5. The smallest absolute Gasteiger partial charge is 0.136 e. The summed E-state index contributed by atoms with van der Waals surface area (Å²) in [7, 11) is 0. The summed E-state index contributed by atoms with van der Waals surface area (Å²) in [5.74, 6) is 0.287. The van der Waals surface area contributed by atoms with Gasteiger partial charge in [-0.15, -0.1) is 0 Å². The molecule has 0 aliphatic heterocycles. The molecule has 1 aromatic heterocycles. The zero-order valence-corrected chi connectivity index (χ0v) is 32.2. The zero-order chi connectivity index (χ0) is 39.2. The van der Waals surface area contributed by atoms with Crippen LogP contribution in [0.4, 0.5) is 0 Å². The van der Waals surface area contributed by atoms with Crippen LogP contribution in [0.25, 0.3) is 71.3 Å². The summed E-state index contributed by atoms with van der Waals surface area (Å²) in [5, 5.41) is 27.0. The van der Waals surface area contributed by atoms with Crippen LogP contribution >= 0.6 is 0 Å². The minimum atomic E-state index is 0.287. The lowest BCUT2D eigenvalue weighted by Crippen LogP contribution is -2.12. The van der Waals surface area contributed by atoms with Crippen molar-refractivity contribution in [3.63, 3.8) is 0 Å². The van der Waals surface area contributed by atoms with E-state index < -0.39 is 0 Å². The van der Waals surface area contributed by atoms with Gasteiger partial charge in [0.25, 0.3) is 0 Å². The summed E-state index contributed by atoms with van der Waals surface area (Å²) in [6.07, 6.45) is 15.7. The van der Waals surface area contributed by atoms with Gasteiger partial charge in [0, 0.05) is 21.9 Å². The minimum absolute atomic E-state index is 0.287. The standard InChI is InChI=1S/C55H38N2O/c1-35-15-13-20-38(51(35)52(37-16-3-2-4-17-37)41-21-7-5-18-39(41)33-56)31-36-29-30-47-50(32-36)58-49-28-14-27-48(55(47)49)54-45-25-11-9-23-43(45)53(44-24-10-12-26-46(44)54)42-22-8-6-19-40(42)34-57/h2-14,16,18-30,32,35H,15,17,31H2,1H3/b52-37-. The maximum absolute atomic E-state index is 10.2. The summed E-state index contributed by atoms with van der Waals surface area (Å²) in [4.78, 5) is 0. The van der Waals surface area contributed by atoms with Crippen molar-refractivity contribution < 1.29 is 4.42 Å². The zero-order valence-electron chi connectivity index (χ0n) is 32.2. The van der Waals surface area contributed by atoms with Crippen LogP contribution in [0.5, 0.6) is 0 Å². The second kappa shape index (κ2) is 14.6. The average Bonchev–Trinajstić information content (AvgIpc) is 3.65. The Morgan fingerprint density at radius 2 is 1.28 bits per heavy atom. The van der Waals surface area contributed by atoms with E-state index in [0.29, 0.717) is 11.1 Å². The molecule has 1 heterocycles. The number of nitriles is 2. The molecule has 0 radical (unpaired) electrons. The monoisotopic (exact) mass is 742 g/mol. The molecule has 0 fully saturated rings. The molecule has 0 saturated heterocycles. The Hall–Kier alpha value is -7.46. The molecule has 274 valence electrons. The molecule has 0 N–H and O–H groups in total. The lowest BCUT2D eigenvalue weighted by atomic mass is 9.76. The third-order valence-electron chi connectivity index (χ3n) is 11.9. The summed E-state index contributed by atoms with van der Waals surface area (Å²) in [6, 6.07) is 51.1. The van der Waals surface area contributed by atoms with E-state index in [4.69, 9.17) is 4.42 Å². The van der Waals surface area contributed by atoms with Gasteiger partial charge in [-0.3, -0.25) is 0 Å². The van der Waals surface area contributed by atoms with Gasteiger partial charge in [0.1, 0.15) is 11.2 Å². The van der Waals surface area contributed by atoms with E-state index in [2.05, 4.69) is 153 Å². The number of allylic oxidation sites excluding steroid dienone is 10. The third kappa shape index (κ3) is 5.80. The predicted octanol–water partition coefficient (Wildman–Crippen LogP) is 14.4. The van der Waals surface area contributed by atoms with Gasteiger partial charge in [-0.25, -0.2) is 0 Å². The molecule has 2 aliphatic rings. The largest absolute Gasteiger partial charge is 0.456 e. The molecule has 0 spiro atoms. The molecule has 1 atom stereocenters. The molecule has 10 rings (SSSR count). The van der Waals surface area contributed by atoms with Crippen LogP contribution in [0.2, 0.25) is 0 Å². The van der Waals surface area contributed by atoms with Crippen molar-refractivity contribution >= 4 is 49.1 Å². The van der Waals surface area contributed by atoms with Crippen molar-refractivity contribution in [3.05, 3.63) is 209 Å². The first-order valence-electron chi connectivity index (χ1n) is 20.0. The normalized spacial score (nSPS) is 16.0. The highest BCUT2D eigenvalue weighted by Gasteiger charge is 2.26. The van der Waals surface area contributed by atoms with Gasteiger partial charge >= 0.3 is 0 Å². The van der Waals surface area contributed by atoms with Crippen LogP contribution in [-0.4, -0.2) is 0 Å².